The van der Waals surface area contributed by atoms with E-state index >= 15 is 0 Å². The summed E-state index contributed by atoms with van der Waals surface area (Å²) in [5.41, 5.74) is 5.13. The first kappa shape index (κ1) is 16.6. The molecule has 1 aromatic rings. The van der Waals surface area contributed by atoms with Gasteiger partial charge in [0, 0.05) is 23.9 Å². The monoisotopic (exact) mass is 326 g/mol. The van der Waals surface area contributed by atoms with Crippen LogP contribution < -0.4 is 5.73 Å². The number of hydrogen-bond acceptors (Lipinski definition) is 4. The topological polar surface area (TPSA) is 63.4 Å². The number of nitrogens with two attached hydrogens (primary N) is 1. The van der Waals surface area contributed by atoms with Crippen molar-refractivity contribution in [2.45, 2.75) is 17.9 Å². The van der Waals surface area contributed by atoms with Gasteiger partial charge in [-0.05, 0) is 25.3 Å². The van der Waals surface area contributed by atoms with E-state index in [2.05, 4.69) is 0 Å². The number of nitrogen functional groups attached to an aromatic ring is 1. The number of halogens is 2. The lowest BCUT2D eigenvalue weighted by molar-refractivity contribution is 0.411. The van der Waals surface area contributed by atoms with Gasteiger partial charge in [-0.2, -0.15) is 16.1 Å². The number of thioether (sulfide) groups is 1. The van der Waals surface area contributed by atoms with Crippen LogP contribution in [0.2, 0.25) is 5.02 Å². The van der Waals surface area contributed by atoms with Crippen molar-refractivity contribution >= 4 is 39.1 Å². The molecule has 1 rings (SSSR count). The molecule has 0 heterocycles. The maximum Gasteiger partial charge on any atom is 0.246 e. The Morgan fingerprint density at radius 2 is 2.11 bits per heavy atom. The summed E-state index contributed by atoms with van der Waals surface area (Å²) in [5, 5.41) is 0.0865. The molecule has 108 valence electrons. The fraction of sp³-hybridized carbons (Fsp3) is 0.455. The van der Waals surface area contributed by atoms with Gasteiger partial charge in [0.2, 0.25) is 10.0 Å². The van der Waals surface area contributed by atoms with Crippen LogP contribution >= 0.6 is 23.4 Å². The number of sulfonamides is 1. The molecule has 0 saturated carbocycles. The molecule has 4 nitrogen and oxygen atoms in total. The van der Waals surface area contributed by atoms with E-state index < -0.39 is 20.7 Å². The van der Waals surface area contributed by atoms with E-state index in [1.807, 2.05) is 6.26 Å². The van der Waals surface area contributed by atoms with Gasteiger partial charge in [0.25, 0.3) is 0 Å². The molecule has 0 aromatic heterocycles. The van der Waals surface area contributed by atoms with Gasteiger partial charge in [-0.15, -0.1) is 0 Å². The maximum absolute atomic E-state index is 13.9. The highest BCUT2D eigenvalue weighted by atomic mass is 35.5. The van der Waals surface area contributed by atoms with Crippen LogP contribution in [-0.2, 0) is 10.0 Å². The maximum atomic E-state index is 13.9. The molecule has 0 aliphatic rings. The van der Waals surface area contributed by atoms with Crippen LogP contribution in [0, 0.1) is 5.82 Å². The Morgan fingerprint density at radius 3 is 2.63 bits per heavy atom. The van der Waals surface area contributed by atoms with E-state index in [1.165, 1.54) is 24.9 Å². The highest BCUT2D eigenvalue weighted by Gasteiger charge is 2.29. The second-order valence-electron chi connectivity index (χ2n) is 4.13. The predicted molar refractivity (Wildman–Crippen MR) is 78.6 cm³/mol. The lowest BCUT2D eigenvalue weighted by atomic mass is 10.3. The van der Waals surface area contributed by atoms with E-state index in [-0.39, 0.29) is 16.8 Å². The largest absolute Gasteiger partial charge is 0.396 e. The Kier molecular flexibility index (Phi) is 5.49. The molecule has 1 unspecified atom stereocenters. The molecule has 2 N–H and O–H groups in total. The molecule has 19 heavy (non-hydrogen) atoms. The molecule has 0 bridgehead atoms. The van der Waals surface area contributed by atoms with Gasteiger partial charge >= 0.3 is 0 Å². The fourth-order valence-corrected chi connectivity index (χ4v) is 4.08. The van der Waals surface area contributed by atoms with Crippen molar-refractivity contribution in [3.05, 3.63) is 23.0 Å². The van der Waals surface area contributed by atoms with Gasteiger partial charge in [-0.1, -0.05) is 11.6 Å². The third kappa shape index (κ3) is 3.53. The molecule has 0 spiro atoms. The standard InChI is InChI=1S/C11H16ClFN2O2S2/c1-7(6-18-3)15(2)19(16,17)10-5-8(12)4-9(14)11(10)13/h4-5,7H,6,14H2,1-3H3. The highest BCUT2D eigenvalue weighted by molar-refractivity contribution is 7.98. The summed E-state index contributed by atoms with van der Waals surface area (Å²) in [6.45, 7) is 1.75. The minimum absolute atomic E-state index is 0.0865. The normalized spacial score (nSPS) is 13.8. The fourth-order valence-electron chi connectivity index (χ4n) is 1.51. The van der Waals surface area contributed by atoms with Gasteiger partial charge in [0.1, 0.15) is 4.90 Å². The molecular weight excluding hydrogens is 311 g/mol. The van der Waals surface area contributed by atoms with Crippen LogP contribution in [0.3, 0.4) is 0 Å². The highest BCUT2D eigenvalue weighted by Crippen LogP contribution is 2.28. The van der Waals surface area contributed by atoms with E-state index in [1.54, 1.807) is 6.92 Å². The zero-order chi connectivity index (χ0) is 14.8. The van der Waals surface area contributed by atoms with Gasteiger partial charge in [-0.25, -0.2) is 12.8 Å². The van der Waals surface area contributed by atoms with Crippen LogP contribution in [0.5, 0.6) is 0 Å². The van der Waals surface area contributed by atoms with Crippen LogP contribution in [0.25, 0.3) is 0 Å². The summed E-state index contributed by atoms with van der Waals surface area (Å²) >= 11 is 7.25. The summed E-state index contributed by atoms with van der Waals surface area (Å²) in [6, 6.07) is 1.99. The first-order valence-corrected chi connectivity index (χ1v) is 8.64. The lowest BCUT2D eigenvalue weighted by Crippen LogP contribution is -2.37. The van der Waals surface area contributed by atoms with Gasteiger partial charge in [0.05, 0.1) is 5.69 Å². The minimum atomic E-state index is -3.96. The van der Waals surface area contributed by atoms with Gasteiger partial charge in [-0.3, -0.25) is 0 Å². The first-order chi connectivity index (χ1) is 8.71. The molecule has 0 radical (unpaired) electrons. The zero-order valence-corrected chi connectivity index (χ0v) is 13.2. The number of anilines is 1. The minimum Gasteiger partial charge on any atom is -0.396 e. The quantitative estimate of drug-likeness (QED) is 0.844. The number of hydrogen-bond donors (Lipinski definition) is 1. The van der Waals surface area contributed by atoms with Crippen LogP contribution in [-0.4, -0.2) is 37.8 Å². The number of rotatable bonds is 5. The van der Waals surface area contributed by atoms with Crippen molar-refractivity contribution < 1.29 is 12.8 Å². The molecule has 8 heteroatoms. The van der Waals surface area contributed by atoms with Crippen LogP contribution in [0.4, 0.5) is 10.1 Å². The second kappa shape index (κ2) is 6.30. The van der Waals surface area contributed by atoms with E-state index in [0.717, 1.165) is 10.4 Å². The number of nitrogens with zero attached hydrogens (tertiary/aromatic N) is 1. The smallest absolute Gasteiger partial charge is 0.246 e. The average Bonchev–Trinajstić information content (AvgIpc) is 2.32. The molecule has 0 saturated heterocycles. The SMILES string of the molecule is CSCC(C)N(C)S(=O)(=O)c1cc(Cl)cc(N)c1F. The Bertz CT molecular complexity index is 566. The molecule has 0 fully saturated rings. The van der Waals surface area contributed by atoms with Gasteiger partial charge < -0.3 is 5.73 Å². The summed E-state index contributed by atoms with van der Waals surface area (Å²) in [4.78, 5) is -0.493. The average molecular weight is 327 g/mol. The van der Waals surface area contributed by atoms with Gasteiger partial charge in [0.15, 0.2) is 5.82 Å². The molecule has 0 aliphatic carbocycles. The first-order valence-electron chi connectivity index (χ1n) is 5.43. The van der Waals surface area contributed by atoms with E-state index in [0.29, 0.717) is 5.75 Å². The van der Waals surface area contributed by atoms with Crippen molar-refractivity contribution in [2.24, 2.45) is 0 Å². The molecule has 1 aromatic carbocycles. The summed E-state index contributed by atoms with van der Waals surface area (Å²) in [5.74, 6) is -0.361. The van der Waals surface area contributed by atoms with Crippen molar-refractivity contribution in [1.29, 1.82) is 0 Å². The third-order valence-electron chi connectivity index (χ3n) is 2.72. The Balaban J connectivity index is 3.28. The van der Waals surface area contributed by atoms with Crippen LogP contribution in [0.1, 0.15) is 6.92 Å². The van der Waals surface area contributed by atoms with Crippen LogP contribution in [0.15, 0.2) is 17.0 Å². The van der Waals surface area contributed by atoms with Crippen molar-refractivity contribution in [1.82, 2.24) is 4.31 Å². The van der Waals surface area contributed by atoms with E-state index in [4.69, 9.17) is 17.3 Å². The van der Waals surface area contributed by atoms with Crippen molar-refractivity contribution in [2.75, 3.05) is 24.8 Å². The van der Waals surface area contributed by atoms with Crippen molar-refractivity contribution in [3.63, 3.8) is 0 Å². The Labute approximate surface area is 122 Å². The molecular formula is C11H16ClFN2O2S2. The molecule has 1 atom stereocenters. The number of benzene rings is 1. The summed E-state index contributed by atoms with van der Waals surface area (Å²) in [6.07, 6.45) is 1.87. The lowest BCUT2D eigenvalue weighted by Gasteiger charge is -2.24. The van der Waals surface area contributed by atoms with Crippen molar-refractivity contribution in [3.8, 4) is 0 Å². The zero-order valence-electron chi connectivity index (χ0n) is 10.9. The second-order valence-corrected chi connectivity index (χ2v) is 7.45. The molecule has 0 aliphatic heterocycles. The van der Waals surface area contributed by atoms with E-state index in [9.17, 15) is 12.8 Å². The predicted octanol–water partition coefficient (Wildman–Crippen LogP) is 2.43. The third-order valence-corrected chi connectivity index (χ3v) is 5.72. The summed E-state index contributed by atoms with van der Waals surface area (Å²) < 4.78 is 39.7. The molecule has 0 amide bonds. The Morgan fingerprint density at radius 1 is 1.53 bits per heavy atom. The summed E-state index contributed by atoms with van der Waals surface area (Å²) in [7, 11) is -2.55. The Hall–Kier alpha value is -0.500.